The van der Waals surface area contributed by atoms with Crippen LogP contribution >= 0.6 is 39.3 Å². The maximum atomic E-state index is 12.7. The number of halogens is 2. The van der Waals surface area contributed by atoms with Gasteiger partial charge in [-0.2, -0.15) is 0 Å². The van der Waals surface area contributed by atoms with Gasteiger partial charge in [0.25, 0.3) is 5.91 Å². The van der Waals surface area contributed by atoms with Gasteiger partial charge in [-0.05, 0) is 46.3 Å². The van der Waals surface area contributed by atoms with Crippen molar-refractivity contribution in [3.63, 3.8) is 0 Å². The normalized spacial score (nSPS) is 14.0. The first kappa shape index (κ1) is 14.0. The summed E-state index contributed by atoms with van der Waals surface area (Å²) in [5.74, 6) is 0.924. The van der Waals surface area contributed by atoms with Gasteiger partial charge in [0.2, 0.25) is 0 Å². The van der Waals surface area contributed by atoms with Crippen molar-refractivity contribution in [3.05, 3.63) is 57.5 Å². The fraction of sp³-hybridized carbons (Fsp3) is 0.133. The van der Waals surface area contributed by atoms with Crippen LogP contribution in [0.4, 0.5) is 5.69 Å². The van der Waals surface area contributed by atoms with Crippen molar-refractivity contribution in [2.75, 3.05) is 17.2 Å². The number of thioether (sulfide) groups is 1. The van der Waals surface area contributed by atoms with E-state index in [0.717, 1.165) is 27.4 Å². The molecule has 0 unspecified atom stereocenters. The van der Waals surface area contributed by atoms with Gasteiger partial charge in [0, 0.05) is 27.2 Å². The molecule has 1 amide bonds. The number of hydrogen-bond acceptors (Lipinski definition) is 2. The van der Waals surface area contributed by atoms with Gasteiger partial charge in [0.1, 0.15) is 0 Å². The van der Waals surface area contributed by atoms with E-state index in [1.807, 2.05) is 23.1 Å². The van der Waals surface area contributed by atoms with Gasteiger partial charge in [-0.1, -0.05) is 23.7 Å². The minimum Gasteiger partial charge on any atom is -0.306 e. The van der Waals surface area contributed by atoms with E-state index in [0.29, 0.717) is 10.6 Å². The van der Waals surface area contributed by atoms with Crippen LogP contribution < -0.4 is 4.90 Å². The summed E-state index contributed by atoms with van der Waals surface area (Å²) in [6.07, 6.45) is 0. The SMILES string of the molecule is O=C(c1ccc(Cl)c(Br)c1)N1CCSc2ccccc21. The molecule has 2 aromatic rings. The van der Waals surface area contributed by atoms with Gasteiger partial charge in [0.15, 0.2) is 0 Å². The van der Waals surface area contributed by atoms with E-state index in [4.69, 9.17) is 11.6 Å². The Labute approximate surface area is 135 Å². The van der Waals surface area contributed by atoms with Crippen molar-refractivity contribution in [2.45, 2.75) is 4.90 Å². The monoisotopic (exact) mass is 367 g/mol. The minimum atomic E-state index is 0.00937. The number of fused-ring (bicyclic) bond motifs is 1. The summed E-state index contributed by atoms with van der Waals surface area (Å²) in [5, 5.41) is 0.608. The molecule has 3 rings (SSSR count). The Morgan fingerprint density at radius 2 is 2.05 bits per heavy atom. The van der Waals surface area contributed by atoms with Crippen molar-refractivity contribution in [3.8, 4) is 0 Å². The van der Waals surface area contributed by atoms with Gasteiger partial charge >= 0.3 is 0 Å². The average molecular weight is 369 g/mol. The highest BCUT2D eigenvalue weighted by Crippen LogP contribution is 2.35. The molecule has 0 bridgehead atoms. The molecule has 0 N–H and O–H groups in total. The fourth-order valence-electron chi connectivity index (χ4n) is 2.17. The zero-order chi connectivity index (χ0) is 14.1. The minimum absolute atomic E-state index is 0.00937. The lowest BCUT2D eigenvalue weighted by molar-refractivity contribution is 0.0987. The van der Waals surface area contributed by atoms with E-state index in [9.17, 15) is 4.79 Å². The predicted octanol–water partition coefficient (Wildman–Crippen LogP) is 4.86. The molecule has 1 aliphatic heterocycles. The fourth-order valence-corrected chi connectivity index (χ4v) is 3.66. The van der Waals surface area contributed by atoms with Gasteiger partial charge in [-0.3, -0.25) is 4.79 Å². The molecule has 2 nitrogen and oxygen atoms in total. The Morgan fingerprint density at radius 3 is 2.85 bits per heavy atom. The molecule has 1 aliphatic rings. The summed E-state index contributed by atoms with van der Waals surface area (Å²) in [6.45, 7) is 0.723. The topological polar surface area (TPSA) is 20.3 Å². The third-order valence-corrected chi connectivity index (χ3v) is 5.40. The second-order valence-corrected chi connectivity index (χ2v) is 6.80. The molecule has 0 fully saturated rings. The van der Waals surface area contributed by atoms with E-state index in [2.05, 4.69) is 22.0 Å². The maximum absolute atomic E-state index is 12.7. The quantitative estimate of drug-likeness (QED) is 0.717. The number of anilines is 1. The Balaban J connectivity index is 1.97. The van der Waals surface area contributed by atoms with Crippen molar-refractivity contribution in [2.24, 2.45) is 0 Å². The first-order valence-electron chi connectivity index (χ1n) is 6.15. The molecule has 0 radical (unpaired) electrons. The smallest absolute Gasteiger partial charge is 0.258 e. The molecule has 0 spiro atoms. The molecule has 0 aliphatic carbocycles. The van der Waals surface area contributed by atoms with Gasteiger partial charge in [0.05, 0.1) is 10.7 Å². The van der Waals surface area contributed by atoms with Gasteiger partial charge in [-0.25, -0.2) is 0 Å². The molecule has 0 saturated heterocycles. The molecular formula is C15H11BrClNOS. The van der Waals surface area contributed by atoms with E-state index in [1.165, 1.54) is 0 Å². The van der Waals surface area contributed by atoms with Gasteiger partial charge in [-0.15, -0.1) is 11.8 Å². The lowest BCUT2D eigenvalue weighted by Crippen LogP contribution is -2.35. The molecule has 2 aromatic carbocycles. The molecule has 1 heterocycles. The molecule has 0 atom stereocenters. The number of carbonyl (C=O) groups excluding carboxylic acids is 1. The molecule has 0 aromatic heterocycles. The lowest BCUT2D eigenvalue weighted by atomic mass is 10.1. The van der Waals surface area contributed by atoms with Gasteiger partial charge < -0.3 is 4.90 Å². The van der Waals surface area contributed by atoms with E-state index >= 15 is 0 Å². The van der Waals surface area contributed by atoms with Crippen LogP contribution in [0.1, 0.15) is 10.4 Å². The standard InChI is InChI=1S/C15H11BrClNOS/c16-11-9-10(5-6-12(11)17)15(19)18-7-8-20-14-4-2-1-3-13(14)18/h1-6,9H,7-8H2. The number of amides is 1. The van der Waals surface area contributed by atoms with E-state index < -0.39 is 0 Å². The van der Waals surface area contributed by atoms with E-state index in [1.54, 1.807) is 30.0 Å². The average Bonchev–Trinajstić information content (AvgIpc) is 2.49. The van der Waals surface area contributed by atoms with E-state index in [-0.39, 0.29) is 5.91 Å². The van der Waals surface area contributed by atoms with Crippen molar-refractivity contribution < 1.29 is 4.79 Å². The third-order valence-electron chi connectivity index (χ3n) is 3.14. The Hall–Kier alpha value is -0.970. The number of nitrogens with zero attached hydrogens (tertiary/aromatic N) is 1. The molecule has 102 valence electrons. The maximum Gasteiger partial charge on any atom is 0.258 e. The van der Waals surface area contributed by atoms with Crippen LogP contribution in [0, 0.1) is 0 Å². The Bertz CT molecular complexity index is 677. The largest absolute Gasteiger partial charge is 0.306 e. The third kappa shape index (κ3) is 2.60. The summed E-state index contributed by atoms with van der Waals surface area (Å²) in [6, 6.07) is 13.3. The first-order valence-corrected chi connectivity index (χ1v) is 8.31. The van der Waals surface area contributed by atoms with Crippen LogP contribution in [0.2, 0.25) is 5.02 Å². The summed E-state index contributed by atoms with van der Waals surface area (Å²) < 4.78 is 0.740. The number of rotatable bonds is 1. The second kappa shape index (κ2) is 5.80. The van der Waals surface area contributed by atoms with Crippen molar-refractivity contribution >= 4 is 50.9 Å². The Kier molecular flexibility index (Phi) is 4.06. The van der Waals surface area contributed by atoms with Crippen LogP contribution in [-0.4, -0.2) is 18.2 Å². The molecular weight excluding hydrogens is 358 g/mol. The highest BCUT2D eigenvalue weighted by atomic mass is 79.9. The number of carbonyl (C=O) groups is 1. The zero-order valence-corrected chi connectivity index (χ0v) is 13.6. The Morgan fingerprint density at radius 1 is 1.25 bits per heavy atom. The summed E-state index contributed by atoms with van der Waals surface area (Å²) in [7, 11) is 0. The van der Waals surface area contributed by atoms with Crippen LogP contribution in [0.5, 0.6) is 0 Å². The first-order chi connectivity index (χ1) is 9.66. The number of benzene rings is 2. The van der Waals surface area contributed by atoms with Crippen LogP contribution in [0.15, 0.2) is 51.8 Å². The molecule has 20 heavy (non-hydrogen) atoms. The predicted molar refractivity (Wildman–Crippen MR) is 88.0 cm³/mol. The zero-order valence-electron chi connectivity index (χ0n) is 10.5. The van der Waals surface area contributed by atoms with Crippen LogP contribution in [0.25, 0.3) is 0 Å². The summed E-state index contributed by atoms with van der Waals surface area (Å²) in [5.41, 5.74) is 1.63. The highest BCUT2D eigenvalue weighted by Gasteiger charge is 2.23. The summed E-state index contributed by atoms with van der Waals surface area (Å²) >= 11 is 11.1. The number of para-hydroxylation sites is 1. The van der Waals surface area contributed by atoms with Crippen LogP contribution in [-0.2, 0) is 0 Å². The second-order valence-electron chi connectivity index (χ2n) is 4.40. The van der Waals surface area contributed by atoms with Crippen molar-refractivity contribution in [1.82, 2.24) is 0 Å². The highest BCUT2D eigenvalue weighted by molar-refractivity contribution is 9.10. The number of hydrogen-bond donors (Lipinski definition) is 0. The van der Waals surface area contributed by atoms with Crippen molar-refractivity contribution in [1.29, 1.82) is 0 Å². The molecule has 0 saturated carbocycles. The lowest BCUT2D eigenvalue weighted by Gasteiger charge is -2.29. The molecule has 5 heteroatoms. The summed E-state index contributed by atoms with van der Waals surface area (Å²) in [4.78, 5) is 15.7. The van der Waals surface area contributed by atoms with Crippen LogP contribution in [0.3, 0.4) is 0 Å².